The summed E-state index contributed by atoms with van der Waals surface area (Å²) in [6.45, 7) is 3.55. The lowest BCUT2D eigenvalue weighted by molar-refractivity contribution is 0.132. The van der Waals surface area contributed by atoms with E-state index >= 15 is 0 Å². The second-order valence-electron chi connectivity index (χ2n) is 3.44. The fourth-order valence-corrected chi connectivity index (χ4v) is 2.12. The van der Waals surface area contributed by atoms with Crippen LogP contribution in [0.25, 0.3) is 0 Å². The molecular formula is C11H19NO2S. The molecule has 0 radical (unpaired) electrons. The summed E-state index contributed by atoms with van der Waals surface area (Å²) in [5.41, 5.74) is 1.38. The van der Waals surface area contributed by atoms with E-state index in [0.717, 1.165) is 32.7 Å². The topological polar surface area (TPSA) is 32.7 Å². The number of methoxy groups -OCH3 is 1. The normalized spacial score (nSPS) is 11.1. The van der Waals surface area contributed by atoms with Crippen LogP contribution < -0.4 is 0 Å². The van der Waals surface area contributed by atoms with Gasteiger partial charge in [0.15, 0.2) is 0 Å². The van der Waals surface area contributed by atoms with Crippen LogP contribution in [0.5, 0.6) is 0 Å². The summed E-state index contributed by atoms with van der Waals surface area (Å²) in [7, 11) is 1.70. The standard InChI is InChI=1S/C11H19NO2S/c1-14-8-6-12(5-7-13)4-2-11-3-9-15-10-11/h3,9-10,13H,2,4-8H2,1H3. The molecule has 0 aliphatic heterocycles. The van der Waals surface area contributed by atoms with Gasteiger partial charge in [0.25, 0.3) is 0 Å². The summed E-state index contributed by atoms with van der Waals surface area (Å²) in [6.07, 6.45) is 1.05. The molecule has 0 unspecified atom stereocenters. The van der Waals surface area contributed by atoms with Gasteiger partial charge in [-0.15, -0.1) is 0 Å². The molecule has 86 valence electrons. The monoisotopic (exact) mass is 229 g/mol. The molecule has 0 spiro atoms. The Bertz CT molecular complexity index is 239. The molecule has 1 aromatic heterocycles. The molecule has 0 aliphatic rings. The lowest BCUT2D eigenvalue weighted by Gasteiger charge is -2.20. The van der Waals surface area contributed by atoms with Gasteiger partial charge in [0, 0.05) is 26.7 Å². The van der Waals surface area contributed by atoms with E-state index in [1.807, 2.05) is 0 Å². The summed E-state index contributed by atoms with van der Waals surface area (Å²) >= 11 is 1.73. The lowest BCUT2D eigenvalue weighted by atomic mass is 10.2. The zero-order chi connectivity index (χ0) is 10.9. The minimum Gasteiger partial charge on any atom is -0.395 e. The molecular weight excluding hydrogens is 210 g/mol. The Hall–Kier alpha value is -0.420. The van der Waals surface area contributed by atoms with Crippen molar-refractivity contribution in [3.8, 4) is 0 Å². The maximum Gasteiger partial charge on any atom is 0.0589 e. The van der Waals surface area contributed by atoms with E-state index in [-0.39, 0.29) is 6.61 Å². The van der Waals surface area contributed by atoms with Gasteiger partial charge < -0.3 is 9.84 Å². The molecule has 1 heterocycles. The van der Waals surface area contributed by atoms with Crippen LogP contribution in [0.4, 0.5) is 0 Å². The Morgan fingerprint density at radius 1 is 1.40 bits per heavy atom. The molecule has 1 rings (SSSR count). The third-order valence-electron chi connectivity index (χ3n) is 2.32. The predicted octanol–water partition coefficient (Wildman–Crippen LogP) is 1.23. The van der Waals surface area contributed by atoms with Crippen LogP contribution in [0.2, 0.25) is 0 Å². The van der Waals surface area contributed by atoms with E-state index in [9.17, 15) is 0 Å². The Balaban J connectivity index is 2.24. The van der Waals surface area contributed by atoms with Crippen LogP contribution in [0.1, 0.15) is 5.56 Å². The summed E-state index contributed by atoms with van der Waals surface area (Å²) in [4.78, 5) is 2.22. The highest BCUT2D eigenvalue weighted by Gasteiger charge is 2.04. The first-order chi connectivity index (χ1) is 7.36. The number of rotatable bonds is 8. The molecule has 0 saturated carbocycles. The van der Waals surface area contributed by atoms with Gasteiger partial charge in [0.2, 0.25) is 0 Å². The van der Waals surface area contributed by atoms with Crippen LogP contribution in [0.15, 0.2) is 16.8 Å². The zero-order valence-electron chi connectivity index (χ0n) is 9.19. The zero-order valence-corrected chi connectivity index (χ0v) is 10.0. The van der Waals surface area contributed by atoms with Gasteiger partial charge in [0.05, 0.1) is 13.2 Å². The Kier molecular flexibility index (Phi) is 6.59. The van der Waals surface area contributed by atoms with Crippen molar-refractivity contribution in [3.63, 3.8) is 0 Å². The Labute approximate surface area is 95.3 Å². The van der Waals surface area contributed by atoms with Gasteiger partial charge in [-0.05, 0) is 28.8 Å². The Morgan fingerprint density at radius 3 is 2.87 bits per heavy atom. The SMILES string of the molecule is COCCN(CCO)CCc1ccsc1. The van der Waals surface area contributed by atoms with Gasteiger partial charge in [0.1, 0.15) is 0 Å². The second kappa shape index (κ2) is 7.82. The fraction of sp³-hybridized carbons (Fsp3) is 0.636. The summed E-state index contributed by atoms with van der Waals surface area (Å²) in [6, 6.07) is 2.15. The van der Waals surface area contributed by atoms with Crippen molar-refractivity contribution in [2.75, 3.05) is 40.0 Å². The molecule has 15 heavy (non-hydrogen) atoms. The van der Waals surface area contributed by atoms with E-state index in [0.29, 0.717) is 0 Å². The first kappa shape index (κ1) is 12.6. The minimum atomic E-state index is 0.216. The van der Waals surface area contributed by atoms with E-state index in [2.05, 4.69) is 21.7 Å². The van der Waals surface area contributed by atoms with E-state index in [1.54, 1.807) is 18.4 Å². The van der Waals surface area contributed by atoms with Crippen molar-refractivity contribution in [1.82, 2.24) is 4.90 Å². The van der Waals surface area contributed by atoms with Crippen LogP contribution in [0.3, 0.4) is 0 Å². The summed E-state index contributed by atoms with van der Waals surface area (Å²) in [5.74, 6) is 0. The molecule has 3 nitrogen and oxygen atoms in total. The maximum absolute atomic E-state index is 8.91. The first-order valence-corrected chi connectivity index (χ1v) is 6.14. The smallest absolute Gasteiger partial charge is 0.0589 e. The van der Waals surface area contributed by atoms with Crippen LogP contribution in [-0.4, -0.2) is 50.0 Å². The van der Waals surface area contributed by atoms with E-state index in [1.165, 1.54) is 5.56 Å². The number of aliphatic hydroxyl groups excluding tert-OH is 1. The largest absolute Gasteiger partial charge is 0.395 e. The molecule has 1 N–H and O–H groups in total. The molecule has 0 aliphatic carbocycles. The van der Waals surface area contributed by atoms with Gasteiger partial charge in [-0.3, -0.25) is 4.90 Å². The third kappa shape index (κ3) is 5.28. The predicted molar refractivity (Wildman–Crippen MR) is 63.4 cm³/mol. The molecule has 1 aromatic rings. The van der Waals surface area contributed by atoms with Crippen molar-refractivity contribution in [2.45, 2.75) is 6.42 Å². The molecule has 0 saturated heterocycles. The number of ether oxygens (including phenoxy) is 1. The molecule has 4 heteroatoms. The molecule has 0 bridgehead atoms. The van der Waals surface area contributed by atoms with Crippen molar-refractivity contribution < 1.29 is 9.84 Å². The Morgan fingerprint density at radius 2 is 2.27 bits per heavy atom. The maximum atomic E-state index is 8.91. The van der Waals surface area contributed by atoms with Gasteiger partial charge in [-0.2, -0.15) is 11.3 Å². The quantitative estimate of drug-likeness (QED) is 0.728. The highest BCUT2D eigenvalue weighted by Crippen LogP contribution is 2.07. The number of nitrogens with zero attached hydrogens (tertiary/aromatic N) is 1. The first-order valence-electron chi connectivity index (χ1n) is 5.20. The minimum absolute atomic E-state index is 0.216. The number of thiophene rings is 1. The molecule has 0 aromatic carbocycles. The fourth-order valence-electron chi connectivity index (χ4n) is 1.42. The van der Waals surface area contributed by atoms with Gasteiger partial charge in [-0.1, -0.05) is 0 Å². The number of hydrogen-bond donors (Lipinski definition) is 1. The second-order valence-corrected chi connectivity index (χ2v) is 4.22. The van der Waals surface area contributed by atoms with Crippen molar-refractivity contribution in [3.05, 3.63) is 22.4 Å². The van der Waals surface area contributed by atoms with E-state index < -0.39 is 0 Å². The number of hydrogen-bond acceptors (Lipinski definition) is 4. The average Bonchev–Trinajstić information content (AvgIpc) is 2.75. The van der Waals surface area contributed by atoms with Crippen LogP contribution >= 0.6 is 11.3 Å². The highest BCUT2D eigenvalue weighted by molar-refractivity contribution is 7.07. The highest BCUT2D eigenvalue weighted by atomic mass is 32.1. The molecule has 0 amide bonds. The molecule has 0 fully saturated rings. The van der Waals surface area contributed by atoms with Gasteiger partial charge in [-0.25, -0.2) is 0 Å². The summed E-state index contributed by atoms with van der Waals surface area (Å²) in [5, 5.41) is 13.2. The van der Waals surface area contributed by atoms with Crippen molar-refractivity contribution in [2.24, 2.45) is 0 Å². The van der Waals surface area contributed by atoms with Crippen molar-refractivity contribution in [1.29, 1.82) is 0 Å². The lowest BCUT2D eigenvalue weighted by Crippen LogP contribution is -2.32. The molecule has 0 atom stereocenters. The van der Waals surface area contributed by atoms with Crippen molar-refractivity contribution >= 4 is 11.3 Å². The van der Waals surface area contributed by atoms with E-state index in [4.69, 9.17) is 9.84 Å². The third-order valence-corrected chi connectivity index (χ3v) is 3.06. The van der Waals surface area contributed by atoms with Gasteiger partial charge >= 0.3 is 0 Å². The number of aliphatic hydroxyl groups is 1. The summed E-state index contributed by atoms with van der Waals surface area (Å²) < 4.78 is 5.03. The van der Waals surface area contributed by atoms with Crippen LogP contribution in [-0.2, 0) is 11.2 Å². The average molecular weight is 229 g/mol. The van der Waals surface area contributed by atoms with Crippen LogP contribution in [0, 0.1) is 0 Å².